The maximum absolute atomic E-state index is 13.9. The quantitative estimate of drug-likeness (QED) is 0.498. The van der Waals surface area contributed by atoms with Crippen LogP contribution in [0.4, 0.5) is 14.7 Å². The van der Waals surface area contributed by atoms with Crippen LogP contribution in [0.2, 0.25) is 5.02 Å². The molecule has 7 nitrogen and oxygen atoms in total. The minimum atomic E-state index is -1.08. The van der Waals surface area contributed by atoms with Gasteiger partial charge < -0.3 is 0 Å². The molecule has 2 aromatic carbocycles. The number of aromatic nitrogens is 3. The first-order valence-electron chi connectivity index (χ1n) is 9.26. The number of carbonyl (C=O) groups excluding carboxylic acids is 1. The topological polar surface area (TPSA) is 80.2 Å². The molecule has 1 saturated heterocycles. The molecular weight excluding hydrogens is 491 g/mol. The summed E-state index contributed by atoms with van der Waals surface area (Å²) in [5.41, 5.74) is 0.257. The summed E-state index contributed by atoms with van der Waals surface area (Å²) >= 11 is 4.67. The van der Waals surface area contributed by atoms with Crippen molar-refractivity contribution in [2.24, 2.45) is 0 Å². The average Bonchev–Trinajstić information content (AvgIpc) is 2.70. The van der Waals surface area contributed by atoms with Crippen LogP contribution in [0.3, 0.4) is 0 Å². The first-order valence-corrected chi connectivity index (χ1v) is 11.7. The zero-order valence-electron chi connectivity index (χ0n) is 16.3. The van der Waals surface area contributed by atoms with Gasteiger partial charge in [0.25, 0.3) is 0 Å². The Morgan fingerprint density at radius 1 is 1.23 bits per heavy atom. The second kappa shape index (κ2) is 9.16. The summed E-state index contributed by atoms with van der Waals surface area (Å²) in [6.07, 6.45) is 1.21. The number of hydrogen-bond donors (Lipinski definition) is 1. The van der Waals surface area contributed by atoms with E-state index in [9.17, 15) is 13.6 Å². The summed E-state index contributed by atoms with van der Waals surface area (Å²) in [7, 11) is 1.49. The molecule has 31 heavy (non-hydrogen) atoms. The molecular formula is C20H17AsClF2N5O2. The molecule has 0 bridgehead atoms. The number of hydrogen-bond acceptors (Lipinski definition) is 6. The molecule has 0 radical (unpaired) electrons. The van der Waals surface area contributed by atoms with Gasteiger partial charge in [0.1, 0.15) is 0 Å². The van der Waals surface area contributed by atoms with Gasteiger partial charge in [0.05, 0.1) is 0 Å². The van der Waals surface area contributed by atoms with Crippen LogP contribution in [0.15, 0.2) is 42.7 Å². The van der Waals surface area contributed by atoms with Crippen molar-refractivity contribution in [3.05, 3.63) is 64.9 Å². The van der Waals surface area contributed by atoms with Crippen molar-refractivity contribution in [1.82, 2.24) is 20.3 Å². The van der Waals surface area contributed by atoms with E-state index in [0.29, 0.717) is 33.0 Å². The summed E-state index contributed by atoms with van der Waals surface area (Å²) in [6, 6.07) is 8.51. The van der Waals surface area contributed by atoms with Gasteiger partial charge in [0, 0.05) is 0 Å². The number of rotatable bonds is 6. The van der Waals surface area contributed by atoms with Crippen molar-refractivity contribution in [3.63, 3.8) is 0 Å². The van der Waals surface area contributed by atoms with Gasteiger partial charge in [-0.15, -0.1) is 0 Å². The van der Waals surface area contributed by atoms with Crippen LogP contribution in [0.1, 0.15) is 10.4 Å². The summed E-state index contributed by atoms with van der Waals surface area (Å²) in [5, 5.41) is 2.79. The number of ether oxygens (including phenoxy) is 1. The van der Waals surface area contributed by atoms with Gasteiger partial charge in [-0.25, -0.2) is 0 Å². The van der Waals surface area contributed by atoms with E-state index in [1.165, 1.54) is 37.6 Å². The third kappa shape index (κ3) is 5.11. The molecule has 0 spiro atoms. The van der Waals surface area contributed by atoms with Gasteiger partial charge in [-0.2, -0.15) is 0 Å². The Balaban J connectivity index is 1.41. The predicted octanol–water partition coefficient (Wildman–Crippen LogP) is 0.818. The number of benzene rings is 2. The van der Waals surface area contributed by atoms with Crippen molar-refractivity contribution < 1.29 is 18.3 Å². The van der Waals surface area contributed by atoms with Crippen molar-refractivity contribution in [3.8, 4) is 5.75 Å². The Morgan fingerprint density at radius 3 is 2.77 bits per heavy atom. The molecule has 1 aliphatic rings. The maximum atomic E-state index is 13.9. The minimum absolute atomic E-state index is 0.148. The van der Waals surface area contributed by atoms with E-state index >= 15 is 0 Å². The van der Waals surface area contributed by atoms with Crippen LogP contribution in [0.5, 0.6) is 5.75 Å². The molecule has 1 unspecified atom stereocenters. The third-order valence-corrected chi connectivity index (χ3v) is 6.94. The standard InChI is InChI=1S/C20H17AsClF2N5O2/c1-25-18(30)11-4-12(6-14(23)5-11)21-19-26-10-27-20(28-19)29-8-15(9-29)31-17-3-2-13(22)7-16(17)24/h2-7,10,15,21H,8-9H2,1H3,(H,25,30). The summed E-state index contributed by atoms with van der Waals surface area (Å²) in [4.78, 5) is 26.6. The molecule has 0 saturated carbocycles. The van der Waals surface area contributed by atoms with Gasteiger partial charge in [-0.1, -0.05) is 0 Å². The summed E-state index contributed by atoms with van der Waals surface area (Å²) in [6.45, 7) is 0.985. The number of halogens is 3. The Kier molecular flexibility index (Phi) is 6.34. The van der Waals surface area contributed by atoms with Crippen LogP contribution >= 0.6 is 11.6 Å². The van der Waals surface area contributed by atoms with Gasteiger partial charge in [-0.05, 0) is 0 Å². The molecule has 1 N–H and O–H groups in total. The molecule has 2 heterocycles. The summed E-state index contributed by atoms with van der Waals surface area (Å²) < 4.78 is 34.7. The predicted molar refractivity (Wildman–Crippen MR) is 114 cm³/mol. The third-order valence-electron chi connectivity index (χ3n) is 4.52. The van der Waals surface area contributed by atoms with E-state index in [4.69, 9.17) is 16.3 Å². The Bertz CT molecular complexity index is 1130. The van der Waals surface area contributed by atoms with Gasteiger partial charge >= 0.3 is 189 Å². The summed E-state index contributed by atoms with van der Waals surface area (Å²) in [5.74, 6) is -0.716. The van der Waals surface area contributed by atoms with Gasteiger partial charge in [0.15, 0.2) is 0 Å². The van der Waals surface area contributed by atoms with Crippen molar-refractivity contribution in [1.29, 1.82) is 0 Å². The van der Waals surface area contributed by atoms with Crippen LogP contribution < -0.4 is 23.9 Å². The molecule has 3 aromatic rings. The molecule has 1 amide bonds. The van der Waals surface area contributed by atoms with E-state index < -0.39 is 27.4 Å². The monoisotopic (exact) mass is 507 g/mol. The molecule has 0 aliphatic carbocycles. The molecule has 4 rings (SSSR count). The molecule has 11 heteroatoms. The SMILES string of the molecule is CNC(=O)c1cc(F)cc([AsH]c2ncnc(N3CC(Oc4ccc(Cl)cc4F)C3)n2)c1. The normalized spacial score (nSPS) is 14.0. The van der Waals surface area contributed by atoms with Crippen LogP contribution in [0, 0.1) is 11.6 Å². The van der Waals surface area contributed by atoms with Crippen LogP contribution in [0.25, 0.3) is 0 Å². The van der Waals surface area contributed by atoms with E-state index in [0.717, 1.165) is 0 Å². The average molecular weight is 508 g/mol. The second-order valence-electron chi connectivity index (χ2n) is 6.76. The first kappa shape index (κ1) is 21.5. The molecule has 1 fully saturated rings. The Morgan fingerprint density at radius 2 is 2.03 bits per heavy atom. The fraction of sp³-hybridized carbons (Fsp3) is 0.200. The van der Waals surface area contributed by atoms with E-state index in [-0.39, 0.29) is 23.3 Å². The molecule has 160 valence electrons. The van der Waals surface area contributed by atoms with Crippen LogP contribution in [-0.2, 0) is 0 Å². The molecule has 1 aromatic heterocycles. The van der Waals surface area contributed by atoms with Gasteiger partial charge in [-0.3, -0.25) is 0 Å². The number of anilines is 1. The van der Waals surface area contributed by atoms with Gasteiger partial charge in [0.2, 0.25) is 0 Å². The number of carbonyl (C=O) groups is 1. The fourth-order valence-corrected chi connectivity index (χ4v) is 5.20. The van der Waals surface area contributed by atoms with Crippen LogP contribution in [-0.4, -0.2) is 62.9 Å². The van der Waals surface area contributed by atoms with E-state index in [1.807, 2.05) is 4.90 Å². The number of amides is 1. The first-order chi connectivity index (χ1) is 14.9. The van der Waals surface area contributed by atoms with E-state index in [2.05, 4.69) is 20.3 Å². The zero-order valence-corrected chi connectivity index (χ0v) is 19.1. The fourth-order valence-electron chi connectivity index (χ4n) is 2.99. The Hall–Kier alpha value is -2.77. The van der Waals surface area contributed by atoms with Crippen molar-refractivity contribution >= 4 is 48.2 Å². The molecule has 1 atom stereocenters. The zero-order chi connectivity index (χ0) is 22.0. The Labute approximate surface area is 188 Å². The molecule has 1 aliphatic heterocycles. The number of nitrogens with zero attached hydrogens (tertiary/aromatic N) is 4. The van der Waals surface area contributed by atoms with Crippen molar-refractivity contribution in [2.75, 3.05) is 25.0 Å². The van der Waals surface area contributed by atoms with Crippen molar-refractivity contribution in [2.45, 2.75) is 6.10 Å². The second-order valence-corrected chi connectivity index (χ2v) is 9.87. The number of nitrogens with one attached hydrogen (secondary N) is 1. The van der Waals surface area contributed by atoms with E-state index in [1.54, 1.807) is 12.1 Å².